The quantitative estimate of drug-likeness (QED) is 0.674. The highest BCUT2D eigenvalue weighted by Gasteiger charge is 2.45. The first-order valence-corrected chi connectivity index (χ1v) is 10.3. The lowest BCUT2D eigenvalue weighted by Crippen LogP contribution is -2.73. The van der Waals surface area contributed by atoms with Gasteiger partial charge in [0.05, 0.1) is 42.9 Å². The normalized spacial score (nSPS) is 22.9. The Morgan fingerprint density at radius 3 is 2.59 bits per heavy atom. The van der Waals surface area contributed by atoms with E-state index in [-0.39, 0.29) is 16.1 Å². The van der Waals surface area contributed by atoms with Crippen molar-refractivity contribution in [1.82, 2.24) is 4.90 Å². The molecule has 1 unspecified atom stereocenters. The second-order valence-corrected chi connectivity index (χ2v) is 9.26. The number of methoxy groups -OCH3 is 1. The van der Waals surface area contributed by atoms with E-state index in [0.29, 0.717) is 32.8 Å². The van der Waals surface area contributed by atoms with Crippen LogP contribution < -0.4 is 9.84 Å². The predicted molar refractivity (Wildman–Crippen MR) is 105 cm³/mol. The lowest BCUT2D eigenvalue weighted by molar-refractivity contribution is -0.923. The Morgan fingerprint density at radius 1 is 1.37 bits per heavy atom. The molecule has 0 radical (unpaired) electrons. The zero-order valence-corrected chi connectivity index (χ0v) is 18.2. The zero-order valence-electron chi connectivity index (χ0n) is 16.6. The van der Waals surface area contributed by atoms with Gasteiger partial charge >= 0.3 is 0 Å². The highest BCUT2D eigenvalue weighted by Crippen LogP contribution is 2.38. The monoisotopic (exact) mass is 440 g/mol. The van der Waals surface area contributed by atoms with E-state index >= 15 is 0 Å². The molecule has 0 N–H and O–H groups in total. The fourth-order valence-electron chi connectivity index (χ4n) is 4.33. The molecule has 0 aliphatic carbocycles. The summed E-state index contributed by atoms with van der Waals surface area (Å²) in [5.74, 6) is 0.889. The molecule has 2 aliphatic heterocycles. The molecule has 27 heavy (non-hydrogen) atoms. The van der Waals surface area contributed by atoms with Crippen molar-refractivity contribution in [2.45, 2.75) is 38.8 Å². The van der Waals surface area contributed by atoms with Crippen molar-refractivity contribution in [3.8, 4) is 5.75 Å². The summed E-state index contributed by atoms with van der Waals surface area (Å²) in [6, 6.07) is 4.11. The van der Waals surface area contributed by atoms with Gasteiger partial charge in [-0.1, -0.05) is 6.07 Å². The van der Waals surface area contributed by atoms with Gasteiger partial charge in [0.2, 0.25) is 0 Å². The number of rotatable bonds is 3. The van der Waals surface area contributed by atoms with Gasteiger partial charge in [0.15, 0.2) is 0 Å². The van der Waals surface area contributed by atoms with Crippen LogP contribution in [0.15, 0.2) is 16.6 Å². The SMILES string of the molecule is COc1c(Br)ccc2c1CCOC2CN1CC[N+](C(=O)[O-])(C(C)(C)C)CC1. The first-order valence-electron chi connectivity index (χ1n) is 9.47. The molecule has 0 bridgehead atoms. The molecule has 2 aliphatic rings. The summed E-state index contributed by atoms with van der Waals surface area (Å²) < 4.78 is 12.6. The van der Waals surface area contributed by atoms with E-state index in [1.807, 2.05) is 26.8 Å². The molecule has 6 nitrogen and oxygen atoms in total. The van der Waals surface area contributed by atoms with Crippen LogP contribution in [-0.4, -0.2) is 67.5 Å². The number of nitrogens with zero attached hydrogens (tertiary/aromatic N) is 2. The highest BCUT2D eigenvalue weighted by molar-refractivity contribution is 9.10. The molecule has 1 saturated heterocycles. The van der Waals surface area contributed by atoms with Crippen LogP contribution in [0, 0.1) is 0 Å². The second-order valence-electron chi connectivity index (χ2n) is 8.41. The molecule has 0 aromatic heterocycles. The van der Waals surface area contributed by atoms with Crippen LogP contribution in [0.5, 0.6) is 5.75 Å². The Balaban J connectivity index is 1.73. The minimum atomic E-state index is -0.976. The summed E-state index contributed by atoms with van der Waals surface area (Å²) in [6.07, 6.45) is -0.160. The van der Waals surface area contributed by atoms with Crippen LogP contribution in [0.1, 0.15) is 38.0 Å². The Morgan fingerprint density at radius 2 is 2.04 bits per heavy atom. The molecule has 1 aromatic carbocycles. The van der Waals surface area contributed by atoms with Crippen molar-refractivity contribution in [3.63, 3.8) is 0 Å². The number of halogens is 1. The van der Waals surface area contributed by atoms with Crippen molar-refractivity contribution >= 4 is 22.0 Å². The summed E-state index contributed by atoms with van der Waals surface area (Å²) in [6.45, 7) is 9.88. The molecule has 0 saturated carbocycles. The number of ether oxygens (including phenoxy) is 2. The van der Waals surface area contributed by atoms with Gasteiger partial charge in [0.1, 0.15) is 5.75 Å². The molecule has 150 valence electrons. The van der Waals surface area contributed by atoms with Crippen LogP contribution in [0.2, 0.25) is 0 Å². The van der Waals surface area contributed by atoms with E-state index < -0.39 is 6.09 Å². The van der Waals surface area contributed by atoms with Gasteiger partial charge in [-0.15, -0.1) is 0 Å². The van der Waals surface area contributed by atoms with Gasteiger partial charge in [0.25, 0.3) is 6.09 Å². The Bertz CT molecular complexity index is 709. The van der Waals surface area contributed by atoms with Crippen LogP contribution in [-0.2, 0) is 11.2 Å². The summed E-state index contributed by atoms with van der Waals surface area (Å²) >= 11 is 3.56. The van der Waals surface area contributed by atoms with Crippen molar-refractivity contribution in [1.29, 1.82) is 0 Å². The number of piperazine rings is 1. The van der Waals surface area contributed by atoms with Crippen molar-refractivity contribution < 1.29 is 23.9 Å². The lowest BCUT2D eigenvalue weighted by Gasteiger charge is -2.52. The summed E-state index contributed by atoms with van der Waals surface area (Å²) in [7, 11) is 1.69. The minimum Gasteiger partial charge on any atom is -0.498 e. The lowest BCUT2D eigenvalue weighted by atomic mass is 9.95. The van der Waals surface area contributed by atoms with Crippen LogP contribution in [0.25, 0.3) is 0 Å². The maximum absolute atomic E-state index is 11.9. The van der Waals surface area contributed by atoms with Gasteiger partial charge < -0.3 is 19.4 Å². The van der Waals surface area contributed by atoms with Crippen molar-refractivity contribution in [3.05, 3.63) is 27.7 Å². The van der Waals surface area contributed by atoms with E-state index in [0.717, 1.165) is 23.2 Å². The summed E-state index contributed by atoms with van der Waals surface area (Å²) in [5.41, 5.74) is 2.00. The van der Waals surface area contributed by atoms with Gasteiger partial charge in [-0.3, -0.25) is 9.38 Å². The van der Waals surface area contributed by atoms with E-state index in [1.165, 1.54) is 11.1 Å². The van der Waals surface area contributed by atoms with Crippen molar-refractivity contribution in [2.75, 3.05) is 46.4 Å². The molecular weight excluding hydrogens is 412 g/mol. The topological polar surface area (TPSA) is 61.8 Å². The maximum atomic E-state index is 11.9. The summed E-state index contributed by atoms with van der Waals surface area (Å²) in [4.78, 5) is 14.2. The molecule has 1 fully saturated rings. The average Bonchev–Trinajstić information content (AvgIpc) is 2.61. The third-order valence-electron chi connectivity index (χ3n) is 6.12. The van der Waals surface area contributed by atoms with Crippen LogP contribution in [0.3, 0.4) is 0 Å². The molecule has 1 amide bonds. The van der Waals surface area contributed by atoms with E-state index in [4.69, 9.17) is 9.47 Å². The van der Waals surface area contributed by atoms with E-state index in [1.54, 1.807) is 7.11 Å². The smallest absolute Gasteiger partial charge is 0.257 e. The van der Waals surface area contributed by atoms with Gasteiger partial charge in [0, 0.05) is 25.2 Å². The van der Waals surface area contributed by atoms with Gasteiger partial charge in [-0.05, 0) is 54.8 Å². The Kier molecular flexibility index (Phi) is 5.87. The van der Waals surface area contributed by atoms with Crippen molar-refractivity contribution in [2.24, 2.45) is 0 Å². The van der Waals surface area contributed by atoms with Gasteiger partial charge in [-0.25, -0.2) is 0 Å². The molecular formula is C20H29BrN2O4. The molecule has 7 heteroatoms. The van der Waals surface area contributed by atoms with E-state index in [2.05, 4.69) is 26.9 Å². The number of fused-ring (bicyclic) bond motifs is 1. The fourth-order valence-corrected chi connectivity index (χ4v) is 4.86. The number of carbonyl (C=O) groups is 1. The Labute approximate surface area is 169 Å². The number of carbonyl (C=O) groups excluding carboxylic acids is 1. The van der Waals surface area contributed by atoms with Crippen LogP contribution >= 0.6 is 15.9 Å². The number of quaternary nitrogens is 1. The molecule has 2 heterocycles. The van der Waals surface area contributed by atoms with Crippen LogP contribution in [0.4, 0.5) is 4.79 Å². The summed E-state index contributed by atoms with van der Waals surface area (Å²) in [5, 5.41) is 11.9. The number of hydrogen-bond acceptors (Lipinski definition) is 5. The largest absolute Gasteiger partial charge is 0.498 e. The third-order valence-corrected chi connectivity index (χ3v) is 6.75. The highest BCUT2D eigenvalue weighted by atomic mass is 79.9. The Hall–Kier alpha value is -1.15. The first kappa shape index (κ1) is 20.6. The third kappa shape index (κ3) is 3.75. The first-order chi connectivity index (χ1) is 12.7. The molecule has 1 aromatic rings. The number of amides is 1. The number of carboxylic acid groups (broad SMARTS) is 1. The van der Waals surface area contributed by atoms with E-state index in [9.17, 15) is 9.90 Å². The maximum Gasteiger partial charge on any atom is 0.257 e. The van der Waals surface area contributed by atoms with Gasteiger partial charge in [-0.2, -0.15) is 0 Å². The number of benzene rings is 1. The molecule has 3 rings (SSSR count). The molecule has 1 atom stereocenters. The fraction of sp³-hybridized carbons (Fsp3) is 0.650. The zero-order chi connectivity index (χ0) is 19.8. The standard InChI is InChI=1S/C20H29BrN2O4/c1-20(2,3)23(19(24)25)10-8-22(9-11-23)13-17-14-5-6-16(21)18(26-4)15(14)7-12-27-17/h5-6,17H,7-13H2,1-4H3. The second kappa shape index (κ2) is 7.70. The minimum absolute atomic E-state index is 0.00633. The molecule has 0 spiro atoms. The average molecular weight is 441 g/mol. The number of hydrogen-bond donors (Lipinski definition) is 0. The predicted octanol–water partition coefficient (Wildman–Crippen LogP) is 2.35.